The van der Waals surface area contributed by atoms with Crippen LogP contribution in [0, 0.1) is 0 Å². The Kier molecular flexibility index (Phi) is 5.81. The van der Waals surface area contributed by atoms with Gasteiger partial charge in [-0.3, -0.25) is 4.90 Å². The zero-order chi connectivity index (χ0) is 22.5. The maximum absolute atomic E-state index is 5.50. The van der Waals surface area contributed by atoms with E-state index in [4.69, 9.17) is 14.7 Å². The predicted molar refractivity (Wildman–Crippen MR) is 134 cm³/mol. The van der Waals surface area contributed by atoms with Crippen LogP contribution in [0.4, 0.5) is 17.3 Å². The van der Waals surface area contributed by atoms with Crippen molar-refractivity contribution < 1.29 is 4.74 Å². The van der Waals surface area contributed by atoms with E-state index in [1.807, 2.05) is 97.1 Å². The van der Waals surface area contributed by atoms with Crippen LogP contribution in [0.5, 0.6) is 5.75 Å². The van der Waals surface area contributed by atoms with Crippen molar-refractivity contribution >= 4 is 17.3 Å². The van der Waals surface area contributed by atoms with Gasteiger partial charge in [-0.25, -0.2) is 9.97 Å². The zero-order valence-electron chi connectivity index (χ0n) is 18.3. The molecule has 0 saturated carbocycles. The fraction of sp³-hybridized carbons (Fsp3) is 0.0345. The molecule has 5 aromatic rings. The van der Waals surface area contributed by atoms with Crippen LogP contribution in [0.15, 0.2) is 121 Å². The van der Waals surface area contributed by atoms with E-state index in [0.717, 1.165) is 45.6 Å². The highest BCUT2D eigenvalue weighted by molar-refractivity contribution is 5.76. The molecule has 0 radical (unpaired) electrons. The Bertz CT molecular complexity index is 1270. The smallest absolute Gasteiger partial charge is 0.139 e. The van der Waals surface area contributed by atoms with E-state index in [9.17, 15) is 0 Å². The van der Waals surface area contributed by atoms with Crippen LogP contribution in [-0.2, 0) is 0 Å². The van der Waals surface area contributed by atoms with E-state index in [0.29, 0.717) is 0 Å². The lowest BCUT2D eigenvalue weighted by molar-refractivity contribution is 0.415. The van der Waals surface area contributed by atoms with E-state index < -0.39 is 0 Å². The summed E-state index contributed by atoms with van der Waals surface area (Å²) in [4.78, 5) is 12.1. The molecule has 0 aliphatic carbocycles. The number of benzene rings is 3. The van der Waals surface area contributed by atoms with Crippen LogP contribution in [0.1, 0.15) is 0 Å². The highest BCUT2D eigenvalue weighted by atomic mass is 16.5. The topological polar surface area (TPSA) is 38.2 Å². The van der Waals surface area contributed by atoms with Crippen molar-refractivity contribution in [2.45, 2.75) is 0 Å². The summed E-state index contributed by atoms with van der Waals surface area (Å²) < 4.78 is 5.50. The molecule has 2 aromatic heterocycles. The molecule has 4 nitrogen and oxygen atoms in total. The van der Waals surface area contributed by atoms with Gasteiger partial charge in [-0.05, 0) is 36.4 Å². The highest BCUT2D eigenvalue weighted by Gasteiger charge is 2.17. The van der Waals surface area contributed by atoms with Gasteiger partial charge in [0.05, 0.1) is 24.2 Å². The van der Waals surface area contributed by atoms with Gasteiger partial charge in [0.15, 0.2) is 0 Å². The quantitative estimate of drug-likeness (QED) is 0.284. The molecular weight excluding hydrogens is 406 g/mol. The average molecular weight is 430 g/mol. The first-order valence-electron chi connectivity index (χ1n) is 10.8. The number of pyridine rings is 2. The van der Waals surface area contributed by atoms with Crippen molar-refractivity contribution in [3.8, 4) is 28.3 Å². The van der Waals surface area contributed by atoms with Gasteiger partial charge in [-0.1, -0.05) is 78.9 Å². The second-order valence-corrected chi connectivity index (χ2v) is 7.53. The van der Waals surface area contributed by atoms with E-state index in [1.165, 1.54) is 0 Å². The first-order valence-corrected chi connectivity index (χ1v) is 10.8. The minimum absolute atomic E-state index is 0.774. The van der Waals surface area contributed by atoms with Gasteiger partial charge in [0, 0.05) is 17.2 Å². The van der Waals surface area contributed by atoms with Gasteiger partial charge in [-0.2, -0.15) is 0 Å². The van der Waals surface area contributed by atoms with Crippen LogP contribution in [-0.4, -0.2) is 17.1 Å². The Balaban J connectivity index is 1.66. The largest absolute Gasteiger partial charge is 0.497 e. The summed E-state index contributed by atoms with van der Waals surface area (Å²) in [5.41, 5.74) is 4.86. The molecule has 0 unspecified atom stereocenters. The molecular formula is C29H23N3O. The fourth-order valence-electron chi connectivity index (χ4n) is 3.77. The summed E-state index contributed by atoms with van der Waals surface area (Å²) in [7, 11) is 1.67. The van der Waals surface area contributed by atoms with Crippen LogP contribution in [0.3, 0.4) is 0 Å². The molecule has 0 spiro atoms. The summed E-state index contributed by atoms with van der Waals surface area (Å²) in [5.74, 6) is 2.33. The summed E-state index contributed by atoms with van der Waals surface area (Å²) in [6.07, 6.45) is 0. The molecule has 0 fully saturated rings. The monoisotopic (exact) mass is 429 g/mol. The Labute approximate surface area is 193 Å². The summed E-state index contributed by atoms with van der Waals surface area (Å²) in [6.45, 7) is 0. The number of ether oxygens (including phenoxy) is 1. The second-order valence-electron chi connectivity index (χ2n) is 7.53. The molecule has 2 heterocycles. The Morgan fingerprint density at radius 1 is 0.545 bits per heavy atom. The summed E-state index contributed by atoms with van der Waals surface area (Å²) in [5, 5.41) is 0. The Morgan fingerprint density at radius 2 is 1.06 bits per heavy atom. The maximum Gasteiger partial charge on any atom is 0.139 e. The lowest BCUT2D eigenvalue weighted by atomic mass is 10.1. The molecule has 0 aliphatic heterocycles. The van der Waals surface area contributed by atoms with Gasteiger partial charge in [0.1, 0.15) is 17.4 Å². The van der Waals surface area contributed by atoms with Gasteiger partial charge in [-0.15, -0.1) is 0 Å². The molecule has 5 rings (SSSR count). The molecule has 0 aliphatic rings. The van der Waals surface area contributed by atoms with E-state index in [1.54, 1.807) is 7.11 Å². The van der Waals surface area contributed by atoms with E-state index in [2.05, 4.69) is 29.2 Å². The minimum Gasteiger partial charge on any atom is -0.497 e. The number of nitrogens with zero attached hydrogens (tertiary/aromatic N) is 3. The number of hydrogen-bond donors (Lipinski definition) is 0. The third-order valence-corrected chi connectivity index (χ3v) is 5.38. The average Bonchev–Trinajstić information content (AvgIpc) is 2.90. The third kappa shape index (κ3) is 4.46. The SMILES string of the molecule is COc1cccc(N(c2cccc(-c3ccccc3)n2)c2cccc(-c3ccccc3)n2)c1. The van der Waals surface area contributed by atoms with Gasteiger partial charge < -0.3 is 4.74 Å². The molecule has 4 heteroatoms. The molecule has 0 saturated heterocycles. The highest BCUT2D eigenvalue weighted by Crippen LogP contribution is 2.35. The lowest BCUT2D eigenvalue weighted by Gasteiger charge is -2.24. The Morgan fingerprint density at radius 3 is 1.58 bits per heavy atom. The molecule has 0 atom stereocenters. The van der Waals surface area contributed by atoms with Gasteiger partial charge >= 0.3 is 0 Å². The van der Waals surface area contributed by atoms with Gasteiger partial charge in [0.25, 0.3) is 0 Å². The van der Waals surface area contributed by atoms with E-state index in [-0.39, 0.29) is 0 Å². The minimum atomic E-state index is 0.774. The van der Waals surface area contributed by atoms with Crippen LogP contribution < -0.4 is 9.64 Å². The Hall–Kier alpha value is -4.44. The number of aromatic nitrogens is 2. The zero-order valence-corrected chi connectivity index (χ0v) is 18.3. The first-order chi connectivity index (χ1) is 16.3. The lowest BCUT2D eigenvalue weighted by Crippen LogP contribution is -2.13. The van der Waals surface area contributed by atoms with Crippen molar-refractivity contribution in [1.29, 1.82) is 0 Å². The predicted octanol–water partition coefficient (Wildman–Crippen LogP) is 7.29. The standard InChI is InChI=1S/C29H23N3O/c1-33-25-16-8-15-24(21-25)32(28-19-9-17-26(30-28)22-11-4-2-5-12-22)29-20-10-18-27(31-29)23-13-6-3-7-14-23/h2-21H,1H3. The first kappa shape index (κ1) is 20.5. The van der Waals surface area contributed by atoms with Crippen molar-refractivity contribution in [3.63, 3.8) is 0 Å². The van der Waals surface area contributed by atoms with Crippen molar-refractivity contribution in [2.24, 2.45) is 0 Å². The number of hydrogen-bond acceptors (Lipinski definition) is 4. The maximum atomic E-state index is 5.50. The molecule has 0 bridgehead atoms. The number of anilines is 3. The van der Waals surface area contributed by atoms with Crippen LogP contribution in [0.2, 0.25) is 0 Å². The van der Waals surface area contributed by atoms with Crippen LogP contribution >= 0.6 is 0 Å². The summed E-state index contributed by atoms with van der Waals surface area (Å²) in [6, 6.07) is 40.4. The van der Waals surface area contributed by atoms with Gasteiger partial charge in [0.2, 0.25) is 0 Å². The van der Waals surface area contributed by atoms with Crippen molar-refractivity contribution in [3.05, 3.63) is 121 Å². The third-order valence-electron chi connectivity index (χ3n) is 5.38. The van der Waals surface area contributed by atoms with E-state index >= 15 is 0 Å². The molecule has 3 aromatic carbocycles. The molecule has 160 valence electrons. The second kappa shape index (κ2) is 9.37. The summed E-state index contributed by atoms with van der Waals surface area (Å²) >= 11 is 0. The fourth-order valence-corrected chi connectivity index (χ4v) is 3.77. The van der Waals surface area contributed by atoms with Crippen LogP contribution in [0.25, 0.3) is 22.5 Å². The molecule has 33 heavy (non-hydrogen) atoms. The normalized spacial score (nSPS) is 10.6. The molecule has 0 amide bonds. The molecule has 0 N–H and O–H groups in total. The van der Waals surface area contributed by atoms with Crippen molar-refractivity contribution in [2.75, 3.05) is 12.0 Å². The number of methoxy groups -OCH3 is 1. The van der Waals surface area contributed by atoms with Crippen molar-refractivity contribution in [1.82, 2.24) is 9.97 Å². The number of rotatable bonds is 6.